The van der Waals surface area contributed by atoms with E-state index in [1.165, 1.54) is 10.6 Å². The lowest BCUT2D eigenvalue weighted by atomic mass is 9.92. The first-order chi connectivity index (χ1) is 9.34. The lowest BCUT2D eigenvalue weighted by molar-refractivity contribution is -0.126. The first-order valence-corrected chi connectivity index (χ1v) is 9.15. The zero-order chi connectivity index (χ0) is 15.2. The predicted octanol–water partition coefficient (Wildman–Crippen LogP) is 0.584. The van der Waals surface area contributed by atoms with E-state index in [2.05, 4.69) is 17.6 Å². The number of amides is 1. The van der Waals surface area contributed by atoms with Gasteiger partial charge in [0.05, 0.1) is 6.26 Å². The minimum Gasteiger partial charge on any atom is -0.356 e. The van der Waals surface area contributed by atoms with Crippen molar-refractivity contribution in [3.8, 4) is 0 Å². The summed E-state index contributed by atoms with van der Waals surface area (Å²) >= 11 is 0. The van der Waals surface area contributed by atoms with Crippen LogP contribution in [0.4, 0.5) is 0 Å². The molecule has 0 aromatic rings. The lowest BCUT2D eigenvalue weighted by Crippen LogP contribution is -2.43. The van der Waals surface area contributed by atoms with Gasteiger partial charge in [-0.3, -0.25) is 4.79 Å². The van der Waals surface area contributed by atoms with Gasteiger partial charge in [0, 0.05) is 31.6 Å². The molecule has 0 bridgehead atoms. The molecule has 0 aromatic heterocycles. The Hall–Kier alpha value is -0.370. The maximum atomic E-state index is 12.0. The number of carbonyl (C=O) groups is 1. The van der Waals surface area contributed by atoms with E-state index in [4.69, 9.17) is 0 Å². The second-order valence-electron chi connectivity index (χ2n) is 5.48. The van der Waals surface area contributed by atoms with Crippen LogP contribution in [0.25, 0.3) is 0 Å². The van der Waals surface area contributed by atoms with Gasteiger partial charge in [0.2, 0.25) is 15.9 Å². The molecule has 8 heteroatoms. The van der Waals surface area contributed by atoms with Crippen LogP contribution < -0.4 is 10.6 Å². The van der Waals surface area contributed by atoms with Crippen LogP contribution in [0.2, 0.25) is 0 Å². The molecule has 1 amide bonds. The molecule has 0 radical (unpaired) electrons. The average Bonchev–Trinajstić information content (AvgIpc) is 2.37. The van der Waals surface area contributed by atoms with Crippen molar-refractivity contribution >= 4 is 28.3 Å². The monoisotopic (exact) mass is 341 g/mol. The van der Waals surface area contributed by atoms with Crippen LogP contribution in [0.1, 0.15) is 33.1 Å². The van der Waals surface area contributed by atoms with Crippen LogP contribution in [0.3, 0.4) is 0 Å². The molecular formula is C13H28ClN3O3S. The first kappa shape index (κ1) is 20.6. The Bertz CT molecular complexity index is 417. The molecule has 0 spiro atoms. The molecule has 1 aliphatic heterocycles. The summed E-state index contributed by atoms with van der Waals surface area (Å²) < 4.78 is 24.2. The summed E-state index contributed by atoms with van der Waals surface area (Å²) in [5.41, 5.74) is 0. The molecule has 21 heavy (non-hydrogen) atoms. The Labute approximate surface area is 134 Å². The largest absolute Gasteiger partial charge is 0.356 e. The molecule has 0 saturated carbocycles. The molecule has 1 heterocycles. The van der Waals surface area contributed by atoms with Crippen molar-refractivity contribution in [2.75, 3.05) is 32.4 Å². The molecule has 0 aromatic carbocycles. The summed E-state index contributed by atoms with van der Waals surface area (Å²) in [6.07, 6.45) is 3.61. The van der Waals surface area contributed by atoms with Gasteiger partial charge in [-0.25, -0.2) is 12.7 Å². The minimum absolute atomic E-state index is 0. The quantitative estimate of drug-likeness (QED) is 0.664. The Balaban J connectivity index is 0.00000400. The zero-order valence-corrected chi connectivity index (χ0v) is 14.7. The van der Waals surface area contributed by atoms with Crippen molar-refractivity contribution in [3.63, 3.8) is 0 Å². The van der Waals surface area contributed by atoms with E-state index in [1.54, 1.807) is 0 Å². The topological polar surface area (TPSA) is 78.5 Å². The van der Waals surface area contributed by atoms with Crippen LogP contribution in [0.15, 0.2) is 0 Å². The molecule has 2 atom stereocenters. The van der Waals surface area contributed by atoms with Crippen molar-refractivity contribution in [2.45, 2.75) is 39.2 Å². The van der Waals surface area contributed by atoms with Gasteiger partial charge >= 0.3 is 0 Å². The second-order valence-corrected chi connectivity index (χ2v) is 7.46. The van der Waals surface area contributed by atoms with E-state index in [0.29, 0.717) is 32.1 Å². The summed E-state index contributed by atoms with van der Waals surface area (Å²) in [5.74, 6) is 0.184. The van der Waals surface area contributed by atoms with Crippen LogP contribution in [-0.4, -0.2) is 57.1 Å². The Morgan fingerprint density at radius 1 is 1.43 bits per heavy atom. The summed E-state index contributed by atoms with van der Waals surface area (Å²) in [7, 11) is -3.13. The van der Waals surface area contributed by atoms with E-state index in [1.807, 2.05) is 6.92 Å². The van der Waals surface area contributed by atoms with Gasteiger partial charge < -0.3 is 10.6 Å². The maximum absolute atomic E-state index is 12.0. The number of rotatable bonds is 7. The molecule has 1 aliphatic rings. The molecule has 0 unspecified atom stereocenters. The second kappa shape index (κ2) is 9.61. The van der Waals surface area contributed by atoms with E-state index in [0.717, 1.165) is 19.4 Å². The Morgan fingerprint density at radius 3 is 2.62 bits per heavy atom. The summed E-state index contributed by atoms with van der Waals surface area (Å²) in [6.45, 7) is 6.25. The number of nitrogens with zero attached hydrogens (tertiary/aromatic N) is 1. The van der Waals surface area contributed by atoms with Crippen molar-refractivity contribution in [1.29, 1.82) is 0 Å². The number of sulfonamides is 1. The molecule has 6 nitrogen and oxygen atoms in total. The molecule has 1 saturated heterocycles. The van der Waals surface area contributed by atoms with Gasteiger partial charge in [-0.1, -0.05) is 6.92 Å². The number of piperidine rings is 1. The van der Waals surface area contributed by atoms with Gasteiger partial charge in [-0.05, 0) is 32.7 Å². The zero-order valence-electron chi connectivity index (χ0n) is 13.1. The van der Waals surface area contributed by atoms with Gasteiger partial charge in [0.15, 0.2) is 0 Å². The predicted molar refractivity (Wildman–Crippen MR) is 87.2 cm³/mol. The minimum atomic E-state index is -3.13. The van der Waals surface area contributed by atoms with Crippen LogP contribution in [0.5, 0.6) is 0 Å². The molecule has 1 fully saturated rings. The standard InChI is InChI=1S/C13H27N3O3S.ClH/c1-4-16(20(3,18)19)9-5-7-15-13(17)12-6-8-14-11(2)10-12;/h11-12,14H,4-10H2,1-3H3,(H,15,17);1H/t11-,12-;/m0./s1. The van der Waals surface area contributed by atoms with Gasteiger partial charge in [-0.2, -0.15) is 0 Å². The molecule has 126 valence electrons. The lowest BCUT2D eigenvalue weighted by Gasteiger charge is -2.27. The smallest absolute Gasteiger partial charge is 0.223 e. The third kappa shape index (κ3) is 7.44. The third-order valence-electron chi connectivity index (χ3n) is 3.70. The van der Waals surface area contributed by atoms with Gasteiger partial charge in [0.1, 0.15) is 0 Å². The number of hydrogen-bond acceptors (Lipinski definition) is 4. The highest BCUT2D eigenvalue weighted by molar-refractivity contribution is 7.88. The number of halogens is 1. The number of carbonyl (C=O) groups excluding carboxylic acids is 1. The van der Waals surface area contributed by atoms with Crippen LogP contribution in [0, 0.1) is 5.92 Å². The Morgan fingerprint density at radius 2 is 2.10 bits per heavy atom. The molecule has 0 aliphatic carbocycles. The Kier molecular flexibility index (Phi) is 9.44. The van der Waals surface area contributed by atoms with E-state index < -0.39 is 10.0 Å². The average molecular weight is 342 g/mol. The highest BCUT2D eigenvalue weighted by Crippen LogP contribution is 2.15. The molecular weight excluding hydrogens is 314 g/mol. The van der Waals surface area contributed by atoms with Crippen molar-refractivity contribution in [2.24, 2.45) is 5.92 Å². The number of hydrogen-bond donors (Lipinski definition) is 2. The maximum Gasteiger partial charge on any atom is 0.223 e. The number of nitrogens with one attached hydrogen (secondary N) is 2. The fourth-order valence-corrected chi connectivity index (χ4v) is 3.47. The summed E-state index contributed by atoms with van der Waals surface area (Å²) in [4.78, 5) is 12.0. The van der Waals surface area contributed by atoms with E-state index in [-0.39, 0.29) is 24.2 Å². The van der Waals surface area contributed by atoms with Crippen LogP contribution in [-0.2, 0) is 14.8 Å². The molecule has 2 N–H and O–H groups in total. The summed E-state index contributed by atoms with van der Waals surface area (Å²) in [6, 6.07) is 0.389. The van der Waals surface area contributed by atoms with Crippen molar-refractivity contribution in [1.82, 2.24) is 14.9 Å². The van der Waals surface area contributed by atoms with E-state index >= 15 is 0 Å². The fraction of sp³-hybridized carbons (Fsp3) is 0.923. The van der Waals surface area contributed by atoms with Crippen LogP contribution >= 0.6 is 12.4 Å². The van der Waals surface area contributed by atoms with Crippen molar-refractivity contribution in [3.05, 3.63) is 0 Å². The van der Waals surface area contributed by atoms with Crippen molar-refractivity contribution < 1.29 is 13.2 Å². The van der Waals surface area contributed by atoms with E-state index in [9.17, 15) is 13.2 Å². The highest BCUT2D eigenvalue weighted by atomic mass is 35.5. The van der Waals surface area contributed by atoms with Gasteiger partial charge in [-0.15, -0.1) is 12.4 Å². The van der Waals surface area contributed by atoms with Gasteiger partial charge in [0.25, 0.3) is 0 Å². The molecule has 1 rings (SSSR count). The summed E-state index contributed by atoms with van der Waals surface area (Å²) in [5, 5.41) is 6.24. The fourth-order valence-electron chi connectivity index (χ4n) is 2.54. The normalized spacial score (nSPS) is 22.7. The SMILES string of the molecule is CCN(CCCNC(=O)[C@H]1CCN[C@@H](C)C1)S(C)(=O)=O.Cl. The third-order valence-corrected chi connectivity index (χ3v) is 5.08. The highest BCUT2D eigenvalue weighted by Gasteiger charge is 2.24. The first-order valence-electron chi connectivity index (χ1n) is 7.30.